The average Bonchev–Trinajstić information content (AvgIpc) is 2.38. The Morgan fingerprint density at radius 2 is 1.70 bits per heavy atom. The summed E-state index contributed by atoms with van der Waals surface area (Å²) in [6.45, 7) is 6.38. The average molecular weight is 296 g/mol. The fourth-order valence-electron chi connectivity index (χ4n) is 2.79. The summed E-state index contributed by atoms with van der Waals surface area (Å²) in [7, 11) is -3.60. The highest BCUT2D eigenvalue weighted by Crippen LogP contribution is 2.25. The van der Waals surface area contributed by atoms with Gasteiger partial charge in [-0.3, -0.25) is 4.90 Å². The fraction of sp³-hybridized carbons (Fsp3) is 0.538. The zero-order chi connectivity index (χ0) is 14.2. The molecule has 0 bridgehead atoms. The maximum Gasteiger partial charge on any atom is 0.238 e. The monoisotopic (exact) mass is 296 g/mol. The van der Waals surface area contributed by atoms with E-state index in [4.69, 9.17) is 5.14 Å². The Hall–Kier alpha value is -1.15. The van der Waals surface area contributed by atoms with Gasteiger partial charge in [0.15, 0.2) is 0 Å². The molecule has 2 saturated heterocycles. The molecule has 0 saturated carbocycles. The molecule has 0 aromatic heterocycles. The largest absolute Gasteiger partial charge is 0.368 e. The van der Waals surface area contributed by atoms with Crippen LogP contribution in [-0.4, -0.2) is 58.6 Å². The summed E-state index contributed by atoms with van der Waals surface area (Å²) in [4.78, 5) is 4.95. The van der Waals surface area contributed by atoms with Crippen molar-refractivity contribution in [3.8, 4) is 0 Å². The number of nitrogens with zero attached hydrogens (tertiary/aromatic N) is 2. The van der Waals surface area contributed by atoms with Crippen molar-refractivity contribution in [1.29, 1.82) is 0 Å². The van der Waals surface area contributed by atoms with Gasteiger partial charge in [0, 0.05) is 51.0 Å². The van der Waals surface area contributed by atoms with Gasteiger partial charge in [0.05, 0.1) is 4.90 Å². The van der Waals surface area contributed by atoms with Crippen LogP contribution in [0.25, 0.3) is 0 Å². The van der Waals surface area contributed by atoms with Gasteiger partial charge >= 0.3 is 0 Å². The number of hydrogen-bond acceptors (Lipinski definition) is 5. The van der Waals surface area contributed by atoms with Crippen molar-refractivity contribution < 1.29 is 8.42 Å². The third-order valence-corrected chi connectivity index (χ3v) is 4.99. The minimum Gasteiger partial charge on any atom is -0.368 e. The van der Waals surface area contributed by atoms with Crippen molar-refractivity contribution in [2.75, 3.05) is 44.2 Å². The van der Waals surface area contributed by atoms with Gasteiger partial charge in [-0.15, -0.1) is 0 Å². The second-order valence-corrected chi connectivity index (χ2v) is 6.95. The van der Waals surface area contributed by atoms with Crippen molar-refractivity contribution in [2.45, 2.75) is 10.9 Å². The molecule has 2 fully saturated rings. The predicted molar refractivity (Wildman–Crippen MR) is 78.3 cm³/mol. The third kappa shape index (κ3) is 2.80. The highest BCUT2D eigenvalue weighted by atomic mass is 32.2. The number of nitrogens with one attached hydrogen (secondary N) is 1. The number of hydrogen-bond donors (Lipinski definition) is 2. The Morgan fingerprint density at radius 1 is 1.10 bits per heavy atom. The number of sulfonamides is 1. The first-order valence-electron chi connectivity index (χ1n) is 6.86. The molecule has 3 rings (SSSR count). The molecule has 6 nitrogen and oxygen atoms in total. The molecular weight excluding hydrogens is 276 g/mol. The lowest BCUT2D eigenvalue weighted by Gasteiger charge is -2.48. The predicted octanol–water partition coefficient (Wildman–Crippen LogP) is -0.572. The molecular formula is C13H20N4O2S. The molecule has 0 amide bonds. The van der Waals surface area contributed by atoms with E-state index >= 15 is 0 Å². The first-order chi connectivity index (χ1) is 9.54. The van der Waals surface area contributed by atoms with Crippen molar-refractivity contribution >= 4 is 15.7 Å². The minimum absolute atomic E-state index is 0.167. The highest BCUT2D eigenvalue weighted by molar-refractivity contribution is 7.89. The molecule has 0 aliphatic carbocycles. The summed E-state index contributed by atoms with van der Waals surface area (Å²) < 4.78 is 22.4. The van der Waals surface area contributed by atoms with E-state index in [0.717, 1.165) is 45.0 Å². The van der Waals surface area contributed by atoms with Crippen LogP contribution in [0.4, 0.5) is 5.69 Å². The van der Waals surface area contributed by atoms with Crippen LogP contribution in [0.2, 0.25) is 0 Å². The molecule has 20 heavy (non-hydrogen) atoms. The number of primary sulfonamides is 1. The van der Waals surface area contributed by atoms with Gasteiger partial charge in [0.2, 0.25) is 10.0 Å². The van der Waals surface area contributed by atoms with Gasteiger partial charge in [-0.2, -0.15) is 0 Å². The molecule has 0 spiro atoms. The quantitative estimate of drug-likeness (QED) is 0.781. The van der Waals surface area contributed by atoms with Gasteiger partial charge in [-0.1, -0.05) is 0 Å². The summed E-state index contributed by atoms with van der Waals surface area (Å²) in [5, 5.41) is 8.45. The van der Waals surface area contributed by atoms with Crippen LogP contribution in [0.3, 0.4) is 0 Å². The number of rotatable bonds is 3. The van der Waals surface area contributed by atoms with Crippen LogP contribution in [0.15, 0.2) is 29.2 Å². The van der Waals surface area contributed by atoms with Crippen molar-refractivity contribution in [3.05, 3.63) is 24.3 Å². The third-order valence-electron chi connectivity index (χ3n) is 4.06. The molecule has 1 aromatic rings. The van der Waals surface area contributed by atoms with Crippen LogP contribution in [-0.2, 0) is 10.0 Å². The molecule has 110 valence electrons. The maximum atomic E-state index is 11.2. The number of benzene rings is 1. The zero-order valence-corrected chi connectivity index (χ0v) is 12.1. The molecule has 7 heteroatoms. The Kier molecular flexibility index (Phi) is 3.68. The lowest BCUT2D eigenvalue weighted by molar-refractivity contribution is 0.147. The topological polar surface area (TPSA) is 78.7 Å². The lowest BCUT2D eigenvalue weighted by atomic mass is 10.0. The lowest BCUT2D eigenvalue weighted by Crippen LogP contribution is -2.62. The van der Waals surface area contributed by atoms with Crippen LogP contribution in [0, 0.1) is 0 Å². The summed E-state index contributed by atoms with van der Waals surface area (Å²) >= 11 is 0. The van der Waals surface area contributed by atoms with E-state index in [-0.39, 0.29) is 4.90 Å². The van der Waals surface area contributed by atoms with Gasteiger partial charge < -0.3 is 10.2 Å². The molecule has 0 atom stereocenters. The van der Waals surface area contributed by atoms with Gasteiger partial charge in [-0.25, -0.2) is 13.6 Å². The van der Waals surface area contributed by atoms with Gasteiger partial charge in [0.25, 0.3) is 0 Å². The molecule has 2 aliphatic heterocycles. The van der Waals surface area contributed by atoms with Crippen molar-refractivity contribution in [3.63, 3.8) is 0 Å². The van der Waals surface area contributed by atoms with Crippen molar-refractivity contribution in [2.24, 2.45) is 5.14 Å². The van der Waals surface area contributed by atoms with E-state index in [1.165, 1.54) is 0 Å². The molecule has 2 aliphatic rings. The van der Waals surface area contributed by atoms with Crippen LogP contribution in [0.1, 0.15) is 0 Å². The van der Waals surface area contributed by atoms with Crippen LogP contribution >= 0.6 is 0 Å². The van der Waals surface area contributed by atoms with E-state index in [9.17, 15) is 8.42 Å². The van der Waals surface area contributed by atoms with Crippen molar-refractivity contribution in [1.82, 2.24) is 10.2 Å². The number of anilines is 1. The minimum atomic E-state index is -3.60. The Morgan fingerprint density at radius 3 is 2.25 bits per heavy atom. The summed E-state index contributed by atoms with van der Waals surface area (Å²) in [5.41, 5.74) is 1.06. The number of nitrogens with two attached hydrogens (primary N) is 1. The van der Waals surface area contributed by atoms with Gasteiger partial charge in [0.1, 0.15) is 0 Å². The molecule has 0 unspecified atom stereocenters. The summed E-state index contributed by atoms with van der Waals surface area (Å²) in [6, 6.07) is 7.42. The van der Waals surface area contributed by atoms with E-state index in [2.05, 4.69) is 15.1 Å². The normalized spacial score (nSPS) is 21.8. The molecule has 1 aromatic carbocycles. The number of piperazine rings is 1. The molecule has 0 radical (unpaired) electrons. The Labute approximate surface area is 119 Å². The molecule has 2 heterocycles. The Bertz CT molecular complexity index is 561. The fourth-order valence-corrected chi connectivity index (χ4v) is 3.31. The maximum absolute atomic E-state index is 11.2. The van der Waals surface area contributed by atoms with Crippen LogP contribution in [0.5, 0.6) is 0 Å². The van der Waals surface area contributed by atoms with Gasteiger partial charge in [-0.05, 0) is 24.3 Å². The highest BCUT2D eigenvalue weighted by Gasteiger charge is 2.32. The first-order valence-corrected chi connectivity index (χ1v) is 8.41. The van der Waals surface area contributed by atoms with E-state index in [1.807, 2.05) is 12.1 Å². The van der Waals surface area contributed by atoms with E-state index < -0.39 is 10.0 Å². The second-order valence-electron chi connectivity index (χ2n) is 5.38. The smallest absolute Gasteiger partial charge is 0.238 e. The standard InChI is InChI=1S/C13H20N4O2S/c14-20(18,19)13-3-1-11(2-4-13)17-9-12(10-17)16-7-5-15-6-8-16/h1-4,12,15H,5-10H2,(H2,14,18,19). The summed E-state index contributed by atoms with van der Waals surface area (Å²) in [5.74, 6) is 0. The summed E-state index contributed by atoms with van der Waals surface area (Å²) in [6.07, 6.45) is 0. The molecule has 3 N–H and O–H groups in total. The van der Waals surface area contributed by atoms with E-state index in [1.54, 1.807) is 12.1 Å². The zero-order valence-electron chi connectivity index (χ0n) is 11.3. The first kappa shape index (κ1) is 13.8. The second kappa shape index (κ2) is 5.33. The Balaban J connectivity index is 1.59. The SMILES string of the molecule is NS(=O)(=O)c1ccc(N2CC(N3CCNCC3)C2)cc1. The van der Waals surface area contributed by atoms with Crippen LogP contribution < -0.4 is 15.4 Å². The van der Waals surface area contributed by atoms with E-state index in [0.29, 0.717) is 6.04 Å².